The number of benzene rings is 2. The number of aromatic nitrogens is 2. The van der Waals surface area contributed by atoms with Crippen molar-refractivity contribution in [3.05, 3.63) is 47.8 Å². The maximum atomic E-state index is 14.6. The van der Waals surface area contributed by atoms with E-state index in [9.17, 15) is 14.0 Å². The van der Waals surface area contributed by atoms with Crippen molar-refractivity contribution in [3.63, 3.8) is 0 Å². The average molecular weight is 420 g/mol. The highest BCUT2D eigenvalue weighted by molar-refractivity contribution is 6.08. The molecule has 7 heteroatoms. The fourth-order valence-corrected chi connectivity index (χ4v) is 5.19. The molecule has 3 aromatic rings. The summed E-state index contributed by atoms with van der Waals surface area (Å²) < 4.78 is 16.5. The van der Waals surface area contributed by atoms with Gasteiger partial charge in [-0.2, -0.15) is 0 Å². The predicted molar refractivity (Wildman–Crippen MR) is 117 cm³/mol. The highest BCUT2D eigenvalue weighted by Crippen LogP contribution is 2.39. The Labute approximate surface area is 180 Å². The van der Waals surface area contributed by atoms with Crippen LogP contribution in [0.15, 0.2) is 36.4 Å². The number of fused-ring (bicyclic) bond motifs is 3. The topological polar surface area (TPSA) is 67.2 Å². The van der Waals surface area contributed by atoms with E-state index in [0.29, 0.717) is 46.1 Å². The molecule has 1 aliphatic heterocycles. The zero-order chi connectivity index (χ0) is 21.7. The summed E-state index contributed by atoms with van der Waals surface area (Å²) in [5, 5.41) is 2.78. The molecule has 2 aromatic carbocycles. The minimum absolute atomic E-state index is 0.0425. The number of imidazole rings is 1. The average Bonchev–Trinajstić information content (AvgIpc) is 3.46. The molecule has 2 aliphatic rings. The Kier molecular flexibility index (Phi) is 4.76. The van der Waals surface area contributed by atoms with E-state index in [-0.39, 0.29) is 23.7 Å². The first-order chi connectivity index (χ1) is 15.0. The number of nitrogens with one attached hydrogen (secondary N) is 1. The first kappa shape index (κ1) is 19.7. The van der Waals surface area contributed by atoms with Crippen molar-refractivity contribution in [3.8, 4) is 11.4 Å². The standard InChI is InChI=1S/C24H25FN4O2/c1-3-28-22-19(24(31)29-13-15-8-9-17(29)10-15)11-16(26-14(2)30)12-21(22)27-23(28)18-6-4-5-7-20(18)25/h4-7,11-12,15,17H,3,8-10,13H2,1-2H3,(H,26,30)/t15-,17-/m0/s1. The van der Waals surface area contributed by atoms with E-state index in [2.05, 4.69) is 5.32 Å². The van der Waals surface area contributed by atoms with Crippen LogP contribution in [0.1, 0.15) is 43.5 Å². The van der Waals surface area contributed by atoms with Crippen LogP contribution in [0.25, 0.3) is 22.4 Å². The Morgan fingerprint density at radius 1 is 1.23 bits per heavy atom. The van der Waals surface area contributed by atoms with Crippen LogP contribution in [0.3, 0.4) is 0 Å². The van der Waals surface area contributed by atoms with Crippen LogP contribution in [-0.2, 0) is 11.3 Å². The van der Waals surface area contributed by atoms with Crippen LogP contribution in [0.4, 0.5) is 10.1 Å². The molecule has 0 radical (unpaired) electrons. The minimum Gasteiger partial charge on any atom is -0.335 e. The molecule has 2 fully saturated rings. The van der Waals surface area contributed by atoms with E-state index in [1.807, 2.05) is 16.4 Å². The molecule has 1 aromatic heterocycles. The molecule has 160 valence electrons. The van der Waals surface area contributed by atoms with Crippen LogP contribution >= 0.6 is 0 Å². The first-order valence-electron chi connectivity index (χ1n) is 10.8. The zero-order valence-corrected chi connectivity index (χ0v) is 17.7. The van der Waals surface area contributed by atoms with Gasteiger partial charge in [-0.15, -0.1) is 0 Å². The van der Waals surface area contributed by atoms with Gasteiger partial charge in [-0.25, -0.2) is 9.37 Å². The molecule has 0 unspecified atom stereocenters. The van der Waals surface area contributed by atoms with E-state index in [4.69, 9.17) is 4.98 Å². The van der Waals surface area contributed by atoms with Gasteiger partial charge in [-0.3, -0.25) is 9.59 Å². The third-order valence-electron chi connectivity index (χ3n) is 6.49. The fourth-order valence-electron chi connectivity index (χ4n) is 5.19. The van der Waals surface area contributed by atoms with E-state index in [1.165, 1.54) is 19.4 Å². The van der Waals surface area contributed by atoms with Crippen molar-refractivity contribution in [2.24, 2.45) is 5.92 Å². The van der Waals surface area contributed by atoms with Gasteiger partial charge < -0.3 is 14.8 Å². The lowest BCUT2D eigenvalue weighted by molar-refractivity contribution is -0.114. The monoisotopic (exact) mass is 420 g/mol. The van der Waals surface area contributed by atoms with Crippen LogP contribution in [0, 0.1) is 11.7 Å². The van der Waals surface area contributed by atoms with E-state index >= 15 is 0 Å². The van der Waals surface area contributed by atoms with Crippen molar-refractivity contribution >= 4 is 28.5 Å². The molecule has 1 saturated carbocycles. The number of hydrogen-bond donors (Lipinski definition) is 1. The summed E-state index contributed by atoms with van der Waals surface area (Å²) >= 11 is 0. The summed E-state index contributed by atoms with van der Waals surface area (Å²) in [5.41, 5.74) is 2.67. The van der Waals surface area contributed by atoms with E-state index in [1.54, 1.807) is 30.3 Å². The summed E-state index contributed by atoms with van der Waals surface area (Å²) in [6, 6.07) is 10.3. The quantitative estimate of drug-likeness (QED) is 0.678. The van der Waals surface area contributed by atoms with Crippen molar-refractivity contribution < 1.29 is 14.0 Å². The number of nitrogens with zero attached hydrogens (tertiary/aromatic N) is 3. The molecule has 6 nitrogen and oxygen atoms in total. The van der Waals surface area contributed by atoms with Crippen molar-refractivity contribution in [2.75, 3.05) is 11.9 Å². The van der Waals surface area contributed by atoms with Gasteiger partial charge >= 0.3 is 0 Å². The second-order valence-electron chi connectivity index (χ2n) is 8.52. The molecule has 1 N–H and O–H groups in total. The number of amides is 2. The maximum Gasteiger partial charge on any atom is 0.256 e. The summed E-state index contributed by atoms with van der Waals surface area (Å²) in [6.45, 7) is 4.70. The van der Waals surface area contributed by atoms with Crippen molar-refractivity contribution in [2.45, 2.75) is 45.7 Å². The lowest BCUT2D eigenvalue weighted by Gasteiger charge is -2.27. The van der Waals surface area contributed by atoms with Gasteiger partial charge in [0.2, 0.25) is 5.91 Å². The number of hydrogen-bond acceptors (Lipinski definition) is 3. The molecular formula is C24H25FN4O2. The van der Waals surface area contributed by atoms with Gasteiger partial charge in [0.25, 0.3) is 5.91 Å². The number of carbonyl (C=O) groups excluding carboxylic acids is 2. The number of aryl methyl sites for hydroxylation is 1. The van der Waals surface area contributed by atoms with E-state index in [0.717, 1.165) is 19.4 Å². The molecule has 1 aliphatic carbocycles. The number of anilines is 1. The van der Waals surface area contributed by atoms with Crippen LogP contribution in [0.2, 0.25) is 0 Å². The maximum absolute atomic E-state index is 14.6. The Morgan fingerprint density at radius 2 is 2.03 bits per heavy atom. The molecule has 0 spiro atoms. The third kappa shape index (κ3) is 3.28. The molecule has 2 bridgehead atoms. The van der Waals surface area contributed by atoms with Gasteiger partial charge in [0.05, 0.1) is 22.2 Å². The lowest BCUT2D eigenvalue weighted by atomic mass is 10.1. The van der Waals surface area contributed by atoms with E-state index < -0.39 is 0 Å². The summed E-state index contributed by atoms with van der Waals surface area (Å²) in [6.07, 6.45) is 3.28. The van der Waals surface area contributed by atoms with Gasteiger partial charge in [0.15, 0.2) is 0 Å². The second kappa shape index (κ2) is 7.48. The van der Waals surface area contributed by atoms with Crippen molar-refractivity contribution in [1.82, 2.24) is 14.5 Å². The summed E-state index contributed by atoms with van der Waals surface area (Å²) in [7, 11) is 0. The third-order valence-corrected chi connectivity index (χ3v) is 6.49. The van der Waals surface area contributed by atoms with Gasteiger partial charge in [0.1, 0.15) is 11.6 Å². The molecule has 31 heavy (non-hydrogen) atoms. The Morgan fingerprint density at radius 3 is 2.68 bits per heavy atom. The molecule has 2 atom stereocenters. The molecular weight excluding hydrogens is 395 g/mol. The highest BCUT2D eigenvalue weighted by Gasteiger charge is 2.41. The molecule has 1 saturated heterocycles. The molecule has 5 rings (SSSR count). The number of halogens is 1. The Hall–Kier alpha value is -3.22. The Balaban J connectivity index is 1.71. The number of likely N-dealkylation sites (tertiary alicyclic amines) is 1. The fraction of sp³-hybridized carbons (Fsp3) is 0.375. The van der Waals surface area contributed by atoms with Gasteiger partial charge in [0, 0.05) is 31.7 Å². The minimum atomic E-state index is -0.362. The predicted octanol–water partition coefficient (Wildman–Crippen LogP) is 4.45. The largest absolute Gasteiger partial charge is 0.335 e. The smallest absolute Gasteiger partial charge is 0.256 e. The second-order valence-corrected chi connectivity index (χ2v) is 8.52. The molecule has 2 amide bonds. The van der Waals surface area contributed by atoms with Crippen LogP contribution in [0.5, 0.6) is 0 Å². The number of piperidine rings is 1. The zero-order valence-electron chi connectivity index (χ0n) is 17.7. The summed E-state index contributed by atoms with van der Waals surface area (Å²) in [4.78, 5) is 32.0. The molecule has 2 heterocycles. The van der Waals surface area contributed by atoms with Crippen molar-refractivity contribution in [1.29, 1.82) is 0 Å². The van der Waals surface area contributed by atoms with Crippen LogP contribution in [-0.4, -0.2) is 38.9 Å². The SMILES string of the molecule is CCn1c(-c2ccccc2F)nc2cc(NC(C)=O)cc(C(=O)N3C[C@H]4CC[C@H]3C4)c21. The normalized spacial score (nSPS) is 19.9. The number of carbonyl (C=O) groups is 2. The van der Waals surface area contributed by atoms with Gasteiger partial charge in [-0.1, -0.05) is 12.1 Å². The lowest BCUT2D eigenvalue weighted by Crippen LogP contribution is -2.37. The Bertz CT molecular complexity index is 1200. The highest BCUT2D eigenvalue weighted by atomic mass is 19.1. The first-order valence-corrected chi connectivity index (χ1v) is 10.8. The summed E-state index contributed by atoms with van der Waals surface area (Å²) in [5.74, 6) is 0.432. The number of rotatable bonds is 4. The van der Waals surface area contributed by atoms with Crippen LogP contribution < -0.4 is 5.32 Å². The van der Waals surface area contributed by atoms with Gasteiger partial charge in [-0.05, 0) is 56.4 Å².